The van der Waals surface area contributed by atoms with E-state index in [0.717, 1.165) is 42.9 Å². The van der Waals surface area contributed by atoms with E-state index in [4.69, 9.17) is 9.47 Å². The molecule has 4 aliphatic rings. The number of aromatic nitrogens is 3. The molecule has 3 aliphatic heterocycles. The lowest BCUT2D eigenvalue weighted by molar-refractivity contribution is -0.179. The molecule has 1 saturated carbocycles. The van der Waals surface area contributed by atoms with Crippen LogP contribution in [0.3, 0.4) is 0 Å². The Morgan fingerprint density at radius 2 is 1.97 bits per heavy atom. The summed E-state index contributed by atoms with van der Waals surface area (Å²) in [7, 11) is 0. The van der Waals surface area contributed by atoms with Crippen LogP contribution in [0.2, 0.25) is 0 Å². The molecule has 0 radical (unpaired) electrons. The molecule has 2 aromatic heterocycles. The zero-order valence-electron chi connectivity index (χ0n) is 19.3. The topological polar surface area (TPSA) is 101 Å². The summed E-state index contributed by atoms with van der Waals surface area (Å²) in [6, 6.07) is 5.95. The summed E-state index contributed by atoms with van der Waals surface area (Å²) in [5.74, 6) is -0.195. The van der Waals surface area contributed by atoms with Crippen LogP contribution in [0.1, 0.15) is 39.1 Å². The zero-order valence-corrected chi connectivity index (χ0v) is 19.3. The molecule has 5 heterocycles. The molecule has 3 fully saturated rings. The van der Waals surface area contributed by atoms with Crippen LogP contribution in [0.5, 0.6) is 0 Å². The van der Waals surface area contributed by atoms with E-state index in [1.54, 1.807) is 23.0 Å². The van der Waals surface area contributed by atoms with Gasteiger partial charge in [0.25, 0.3) is 11.8 Å². The van der Waals surface area contributed by atoms with E-state index in [1.165, 1.54) is 6.20 Å². The summed E-state index contributed by atoms with van der Waals surface area (Å²) >= 11 is 0. The fraction of sp³-hybridized carbons (Fsp3) is 0.440. The van der Waals surface area contributed by atoms with Gasteiger partial charge in [0, 0.05) is 49.0 Å². The second-order valence-corrected chi connectivity index (χ2v) is 10.0. The summed E-state index contributed by atoms with van der Waals surface area (Å²) < 4.78 is 12.5. The number of fused-ring (bicyclic) bond motifs is 2. The third kappa shape index (κ3) is 3.31. The van der Waals surface area contributed by atoms with E-state index >= 15 is 0 Å². The third-order valence-electron chi connectivity index (χ3n) is 7.77. The van der Waals surface area contributed by atoms with Crippen molar-refractivity contribution < 1.29 is 19.1 Å². The highest BCUT2D eigenvalue weighted by Crippen LogP contribution is 2.50. The lowest BCUT2D eigenvalue weighted by atomic mass is 9.63. The van der Waals surface area contributed by atoms with Gasteiger partial charge in [-0.3, -0.25) is 9.59 Å². The first-order chi connectivity index (χ1) is 17.1. The van der Waals surface area contributed by atoms with Crippen molar-refractivity contribution in [2.24, 2.45) is 5.41 Å². The third-order valence-corrected chi connectivity index (χ3v) is 7.77. The van der Waals surface area contributed by atoms with Gasteiger partial charge in [-0.25, -0.2) is 9.50 Å². The van der Waals surface area contributed by atoms with E-state index < -0.39 is 0 Å². The molecule has 0 atom stereocenters. The lowest BCUT2D eigenvalue weighted by Crippen LogP contribution is -2.59. The summed E-state index contributed by atoms with van der Waals surface area (Å²) in [4.78, 5) is 35.2. The highest BCUT2D eigenvalue weighted by atomic mass is 16.5. The highest BCUT2D eigenvalue weighted by molar-refractivity contribution is 6.10. The number of benzene rings is 1. The van der Waals surface area contributed by atoms with E-state index in [1.807, 2.05) is 17.0 Å². The Labute approximate surface area is 201 Å². The molecule has 1 aliphatic carbocycles. The van der Waals surface area contributed by atoms with Crippen molar-refractivity contribution in [3.05, 3.63) is 53.5 Å². The monoisotopic (exact) mass is 474 g/mol. The first-order valence-electron chi connectivity index (χ1n) is 12.1. The van der Waals surface area contributed by atoms with E-state index in [9.17, 15) is 9.59 Å². The average molecular weight is 475 g/mol. The first-order valence-corrected chi connectivity index (χ1v) is 12.1. The number of amides is 2. The molecule has 3 aromatic rings. The number of hydrogen-bond donors (Lipinski definition) is 1. The van der Waals surface area contributed by atoms with Crippen LogP contribution in [0.4, 0.5) is 11.4 Å². The number of ether oxygens (including phenoxy) is 2. The zero-order chi connectivity index (χ0) is 23.6. The second-order valence-electron chi connectivity index (χ2n) is 10.0. The Bertz CT molecular complexity index is 1330. The van der Waals surface area contributed by atoms with Crippen LogP contribution in [0.25, 0.3) is 5.65 Å². The number of rotatable bonds is 4. The van der Waals surface area contributed by atoms with Gasteiger partial charge in [0.05, 0.1) is 44.0 Å². The molecule has 2 amide bonds. The number of nitrogens with one attached hydrogen (secondary N) is 1. The Kier molecular flexibility index (Phi) is 4.62. The van der Waals surface area contributed by atoms with Crippen molar-refractivity contribution >= 4 is 28.8 Å². The summed E-state index contributed by atoms with van der Waals surface area (Å²) in [6.07, 6.45) is 6.95. The Morgan fingerprint density at radius 1 is 1.14 bits per heavy atom. The highest BCUT2D eigenvalue weighted by Gasteiger charge is 2.53. The molecular formula is C25H26N6O4. The molecule has 10 nitrogen and oxygen atoms in total. The number of carbonyl (C=O) groups is 2. The van der Waals surface area contributed by atoms with E-state index in [-0.39, 0.29) is 17.9 Å². The van der Waals surface area contributed by atoms with Crippen LogP contribution in [0, 0.1) is 5.41 Å². The minimum Gasteiger partial charge on any atom is -0.380 e. The van der Waals surface area contributed by atoms with E-state index in [2.05, 4.69) is 20.3 Å². The predicted octanol–water partition coefficient (Wildman–Crippen LogP) is 1.95. The molecule has 1 spiro atoms. The van der Waals surface area contributed by atoms with Gasteiger partial charge in [-0.1, -0.05) is 0 Å². The minimum absolute atomic E-state index is 0.0827. The van der Waals surface area contributed by atoms with Crippen molar-refractivity contribution in [1.29, 1.82) is 0 Å². The molecule has 10 heteroatoms. The van der Waals surface area contributed by atoms with Gasteiger partial charge in [-0.2, -0.15) is 5.10 Å². The molecule has 0 bridgehead atoms. The summed E-state index contributed by atoms with van der Waals surface area (Å²) in [5, 5.41) is 7.33. The second kappa shape index (κ2) is 7.76. The summed E-state index contributed by atoms with van der Waals surface area (Å²) in [5.41, 5.74) is 4.41. The van der Waals surface area contributed by atoms with E-state index in [0.29, 0.717) is 55.2 Å². The Hall–Kier alpha value is -3.50. The van der Waals surface area contributed by atoms with Gasteiger partial charge < -0.3 is 24.6 Å². The molecule has 35 heavy (non-hydrogen) atoms. The number of hydrogen-bond acceptors (Lipinski definition) is 7. The number of nitrogens with zero attached hydrogens (tertiary/aromatic N) is 5. The maximum absolute atomic E-state index is 13.4. The van der Waals surface area contributed by atoms with Crippen molar-refractivity contribution in [3.63, 3.8) is 0 Å². The molecule has 0 unspecified atom stereocenters. The molecule has 7 rings (SSSR count). The smallest absolute Gasteiger partial charge is 0.261 e. The van der Waals surface area contributed by atoms with Crippen LogP contribution >= 0.6 is 0 Å². The molecule has 1 N–H and O–H groups in total. The van der Waals surface area contributed by atoms with Crippen molar-refractivity contribution in [2.45, 2.75) is 25.4 Å². The minimum atomic E-state index is -0.278. The SMILES string of the molecule is O=C(Nc1cc2c(cc1N1CCOCC1)C(=O)N(C1CC3(COC3)C1)C2)c1cnn2cccnc12. The van der Waals surface area contributed by atoms with Gasteiger partial charge in [-0.15, -0.1) is 0 Å². The quantitative estimate of drug-likeness (QED) is 0.617. The average Bonchev–Trinajstić information content (AvgIpc) is 3.39. The predicted molar refractivity (Wildman–Crippen MR) is 127 cm³/mol. The van der Waals surface area contributed by atoms with Gasteiger partial charge >= 0.3 is 0 Å². The summed E-state index contributed by atoms with van der Waals surface area (Å²) in [6.45, 7) is 4.80. The Balaban J connectivity index is 1.20. The molecule has 1 aromatic carbocycles. The van der Waals surface area contributed by atoms with Crippen molar-refractivity contribution in [2.75, 3.05) is 49.7 Å². The number of morpholine rings is 1. The maximum atomic E-state index is 13.4. The van der Waals surface area contributed by atoms with Crippen molar-refractivity contribution in [1.82, 2.24) is 19.5 Å². The molecule has 180 valence electrons. The molecule has 2 saturated heterocycles. The first kappa shape index (κ1) is 20.8. The fourth-order valence-corrected chi connectivity index (χ4v) is 5.80. The van der Waals surface area contributed by atoms with Crippen LogP contribution in [-0.4, -0.2) is 76.9 Å². The number of carbonyl (C=O) groups excluding carboxylic acids is 2. The van der Waals surface area contributed by atoms with Gasteiger partial charge in [0.1, 0.15) is 5.56 Å². The fourth-order valence-electron chi connectivity index (χ4n) is 5.80. The molecular weight excluding hydrogens is 448 g/mol. The van der Waals surface area contributed by atoms with Gasteiger partial charge in [0.2, 0.25) is 0 Å². The van der Waals surface area contributed by atoms with Crippen LogP contribution < -0.4 is 10.2 Å². The maximum Gasteiger partial charge on any atom is 0.261 e. The van der Waals surface area contributed by atoms with Gasteiger partial charge in [-0.05, 0) is 36.6 Å². The van der Waals surface area contributed by atoms with Gasteiger partial charge in [0.15, 0.2) is 5.65 Å². The largest absolute Gasteiger partial charge is 0.380 e. The number of anilines is 2. The Morgan fingerprint density at radius 3 is 2.74 bits per heavy atom. The standard InChI is InChI=1S/C25H26N6O4/c32-23(19-12-27-31-3-1-2-26-22(19)31)28-20-8-16-13-30(17-10-25(11-17)14-35-15-25)24(33)18(16)9-21(20)29-4-6-34-7-5-29/h1-3,8-9,12,17H,4-7,10-11,13-15H2,(H,28,32). The normalized spacial score (nSPS) is 21.2. The van der Waals surface area contributed by atoms with Crippen LogP contribution in [0.15, 0.2) is 36.8 Å². The van der Waals surface area contributed by atoms with Crippen molar-refractivity contribution in [3.8, 4) is 0 Å². The van der Waals surface area contributed by atoms with Crippen LogP contribution in [-0.2, 0) is 16.0 Å². The lowest BCUT2D eigenvalue weighted by Gasteiger charge is -2.55.